The van der Waals surface area contributed by atoms with E-state index in [9.17, 15) is 4.79 Å². The van der Waals surface area contributed by atoms with Crippen molar-refractivity contribution < 1.29 is 9.53 Å². The van der Waals surface area contributed by atoms with Crippen LogP contribution in [0.5, 0.6) is 0 Å². The van der Waals surface area contributed by atoms with E-state index in [4.69, 9.17) is 9.72 Å². The highest BCUT2D eigenvalue weighted by Crippen LogP contribution is 2.33. The molecular formula is C20H21N3O2. The number of H-pyrrole nitrogens is 1. The first-order chi connectivity index (χ1) is 11.9. The Balaban J connectivity index is 1.67. The lowest BCUT2D eigenvalue weighted by molar-refractivity contribution is 0.0242. The Hall–Kier alpha value is -2.82. The van der Waals surface area contributed by atoms with E-state index in [0.29, 0.717) is 13.1 Å². The summed E-state index contributed by atoms with van der Waals surface area (Å²) in [6.07, 6.45) is -0.278. The fourth-order valence-corrected chi connectivity index (χ4v) is 3.18. The molecule has 5 nitrogen and oxygen atoms in total. The van der Waals surface area contributed by atoms with Gasteiger partial charge in [0.25, 0.3) is 0 Å². The molecule has 0 saturated carbocycles. The first-order valence-corrected chi connectivity index (χ1v) is 8.44. The maximum Gasteiger partial charge on any atom is 0.410 e. The third-order valence-electron chi connectivity index (χ3n) is 4.28. The number of aromatic amines is 1. The molecule has 1 amide bonds. The second-order valence-electron chi connectivity index (χ2n) is 7.38. The van der Waals surface area contributed by atoms with Gasteiger partial charge in [-0.15, -0.1) is 0 Å². The smallest absolute Gasteiger partial charge is 0.410 e. The number of nitrogens with zero attached hydrogens (tertiary/aromatic N) is 2. The first kappa shape index (κ1) is 15.7. The zero-order valence-corrected chi connectivity index (χ0v) is 14.7. The van der Waals surface area contributed by atoms with E-state index in [1.165, 1.54) is 0 Å². The molecule has 1 aliphatic rings. The molecule has 1 aromatic heterocycles. The Kier molecular flexibility index (Phi) is 3.53. The third kappa shape index (κ3) is 2.97. The second-order valence-corrected chi connectivity index (χ2v) is 7.38. The second kappa shape index (κ2) is 5.62. The minimum Gasteiger partial charge on any atom is -0.444 e. The van der Waals surface area contributed by atoms with Crippen LogP contribution in [0.15, 0.2) is 42.5 Å². The number of para-hydroxylation sites is 2. The van der Waals surface area contributed by atoms with Crippen molar-refractivity contribution in [2.24, 2.45) is 0 Å². The van der Waals surface area contributed by atoms with Crippen LogP contribution < -0.4 is 0 Å². The van der Waals surface area contributed by atoms with Crippen LogP contribution in [-0.2, 0) is 17.8 Å². The van der Waals surface area contributed by atoms with E-state index in [-0.39, 0.29) is 6.09 Å². The SMILES string of the molecule is CC(C)(C)OC(=O)N1Cc2cccc(-c3nc4ccccc4[nH]3)c2C1. The zero-order chi connectivity index (χ0) is 17.6. The molecule has 0 saturated heterocycles. The van der Waals surface area contributed by atoms with Crippen LogP contribution in [0.4, 0.5) is 4.79 Å². The van der Waals surface area contributed by atoms with E-state index in [0.717, 1.165) is 33.5 Å². The Morgan fingerprint density at radius 2 is 1.92 bits per heavy atom. The number of aromatic nitrogens is 2. The lowest BCUT2D eigenvalue weighted by Crippen LogP contribution is -2.33. The minimum atomic E-state index is -0.493. The third-order valence-corrected chi connectivity index (χ3v) is 4.28. The molecule has 0 aliphatic carbocycles. The quantitative estimate of drug-likeness (QED) is 0.713. The summed E-state index contributed by atoms with van der Waals surface area (Å²) in [6.45, 7) is 6.76. The van der Waals surface area contributed by atoms with Crippen molar-refractivity contribution >= 4 is 17.1 Å². The number of hydrogen-bond acceptors (Lipinski definition) is 3. The molecule has 1 N–H and O–H groups in total. The van der Waals surface area contributed by atoms with Gasteiger partial charge in [0.2, 0.25) is 0 Å². The molecule has 0 bridgehead atoms. The van der Waals surface area contributed by atoms with Gasteiger partial charge in [-0.05, 0) is 44.0 Å². The zero-order valence-electron chi connectivity index (χ0n) is 14.7. The van der Waals surface area contributed by atoms with Gasteiger partial charge in [-0.25, -0.2) is 9.78 Å². The molecule has 3 aromatic rings. The molecule has 4 rings (SSSR count). The topological polar surface area (TPSA) is 58.2 Å². The number of ether oxygens (including phenoxy) is 1. The number of carbonyl (C=O) groups excluding carboxylic acids is 1. The monoisotopic (exact) mass is 335 g/mol. The summed E-state index contributed by atoms with van der Waals surface area (Å²) < 4.78 is 5.51. The summed E-state index contributed by atoms with van der Waals surface area (Å²) in [5.41, 5.74) is 4.78. The van der Waals surface area contributed by atoms with Crippen molar-refractivity contribution in [1.29, 1.82) is 0 Å². The number of fused-ring (bicyclic) bond motifs is 2. The first-order valence-electron chi connectivity index (χ1n) is 8.44. The lowest BCUT2D eigenvalue weighted by atomic mass is 10.0. The van der Waals surface area contributed by atoms with Gasteiger partial charge < -0.3 is 9.72 Å². The van der Waals surface area contributed by atoms with Gasteiger partial charge in [0, 0.05) is 12.1 Å². The van der Waals surface area contributed by atoms with Crippen molar-refractivity contribution in [2.45, 2.75) is 39.5 Å². The number of imidazole rings is 1. The minimum absolute atomic E-state index is 0.278. The number of amides is 1. The Labute approximate surface area is 146 Å². The van der Waals surface area contributed by atoms with E-state index >= 15 is 0 Å². The summed E-state index contributed by atoms with van der Waals surface area (Å²) in [5.74, 6) is 0.837. The van der Waals surface area contributed by atoms with E-state index in [1.807, 2.05) is 51.1 Å². The summed E-state index contributed by atoms with van der Waals surface area (Å²) in [4.78, 5) is 22.2. The molecule has 0 unspecified atom stereocenters. The molecule has 2 aromatic carbocycles. The number of rotatable bonds is 1. The van der Waals surface area contributed by atoms with Crippen molar-refractivity contribution in [1.82, 2.24) is 14.9 Å². The highest BCUT2D eigenvalue weighted by molar-refractivity contribution is 5.80. The number of benzene rings is 2. The van der Waals surface area contributed by atoms with E-state index in [1.54, 1.807) is 4.90 Å². The number of hydrogen-bond donors (Lipinski definition) is 1. The average Bonchev–Trinajstić information content (AvgIpc) is 3.16. The number of carbonyl (C=O) groups is 1. The van der Waals surface area contributed by atoms with Crippen molar-refractivity contribution in [3.63, 3.8) is 0 Å². The van der Waals surface area contributed by atoms with Crippen LogP contribution in [0.1, 0.15) is 31.9 Å². The van der Waals surface area contributed by atoms with Gasteiger partial charge in [-0.2, -0.15) is 0 Å². The highest BCUT2D eigenvalue weighted by atomic mass is 16.6. The summed E-state index contributed by atoms with van der Waals surface area (Å²) in [6, 6.07) is 14.1. The molecule has 128 valence electrons. The van der Waals surface area contributed by atoms with Crippen LogP contribution in [-0.4, -0.2) is 26.6 Å². The van der Waals surface area contributed by atoms with Gasteiger partial charge in [-0.1, -0.05) is 30.3 Å². The van der Waals surface area contributed by atoms with Gasteiger partial charge >= 0.3 is 6.09 Å². The molecule has 0 fully saturated rings. The fourth-order valence-electron chi connectivity index (χ4n) is 3.18. The summed E-state index contributed by atoms with van der Waals surface area (Å²) >= 11 is 0. The Bertz CT molecular complexity index is 920. The van der Waals surface area contributed by atoms with Crippen molar-refractivity contribution in [3.05, 3.63) is 53.6 Å². The summed E-state index contributed by atoms with van der Waals surface area (Å²) in [7, 11) is 0. The predicted octanol–water partition coefficient (Wildman–Crippen LogP) is 4.48. The molecule has 0 atom stereocenters. The van der Waals surface area contributed by atoms with Gasteiger partial charge in [0.15, 0.2) is 0 Å². The van der Waals surface area contributed by atoms with Gasteiger partial charge in [0.1, 0.15) is 11.4 Å². The van der Waals surface area contributed by atoms with Gasteiger partial charge in [-0.3, -0.25) is 4.90 Å². The molecule has 5 heteroatoms. The van der Waals surface area contributed by atoms with Crippen LogP contribution in [0.3, 0.4) is 0 Å². The van der Waals surface area contributed by atoms with Crippen LogP contribution in [0.2, 0.25) is 0 Å². The maximum absolute atomic E-state index is 12.4. The molecule has 0 radical (unpaired) electrons. The largest absolute Gasteiger partial charge is 0.444 e. The van der Waals surface area contributed by atoms with Crippen molar-refractivity contribution in [2.75, 3.05) is 0 Å². The molecule has 2 heterocycles. The molecule has 1 aliphatic heterocycles. The van der Waals surface area contributed by atoms with Crippen LogP contribution >= 0.6 is 0 Å². The summed E-state index contributed by atoms with van der Waals surface area (Å²) in [5, 5.41) is 0. The molecule has 25 heavy (non-hydrogen) atoms. The lowest BCUT2D eigenvalue weighted by Gasteiger charge is -2.24. The fraction of sp³-hybridized carbons (Fsp3) is 0.300. The van der Waals surface area contributed by atoms with Gasteiger partial charge in [0.05, 0.1) is 17.6 Å². The Morgan fingerprint density at radius 1 is 1.12 bits per heavy atom. The number of nitrogens with one attached hydrogen (secondary N) is 1. The van der Waals surface area contributed by atoms with E-state index < -0.39 is 5.60 Å². The molecular weight excluding hydrogens is 314 g/mol. The van der Waals surface area contributed by atoms with Crippen molar-refractivity contribution in [3.8, 4) is 11.4 Å². The standard InChI is InChI=1S/C20H21N3O2/c1-20(2,3)25-19(24)23-11-13-7-6-8-14(15(13)12-23)18-21-16-9-4-5-10-17(16)22-18/h4-10H,11-12H2,1-3H3,(H,21,22). The molecule has 0 spiro atoms. The predicted molar refractivity (Wildman–Crippen MR) is 97.0 cm³/mol. The Morgan fingerprint density at radius 3 is 2.68 bits per heavy atom. The normalized spacial score (nSPS) is 14.0. The van der Waals surface area contributed by atoms with Crippen LogP contribution in [0, 0.1) is 0 Å². The van der Waals surface area contributed by atoms with E-state index in [2.05, 4.69) is 17.1 Å². The average molecular weight is 335 g/mol. The van der Waals surface area contributed by atoms with Crippen LogP contribution in [0.25, 0.3) is 22.4 Å². The maximum atomic E-state index is 12.4. The highest BCUT2D eigenvalue weighted by Gasteiger charge is 2.29.